The van der Waals surface area contributed by atoms with Crippen LogP contribution in [-0.4, -0.2) is 17.1 Å². The molecule has 0 aromatic carbocycles. The summed E-state index contributed by atoms with van der Waals surface area (Å²) < 4.78 is 4.96. The van der Waals surface area contributed by atoms with Crippen LogP contribution in [0.5, 0.6) is 0 Å². The molecule has 5 heteroatoms. The molecule has 4 N–H and O–H groups in total. The molecule has 1 aromatic rings. The molecule has 0 saturated carbocycles. The van der Waals surface area contributed by atoms with Gasteiger partial charge in [-0.15, -0.1) is 0 Å². The molecular formula is C9H13N3O2. The van der Waals surface area contributed by atoms with Crippen LogP contribution >= 0.6 is 0 Å². The molecule has 76 valence electrons. The minimum absolute atomic E-state index is 0.165. The highest BCUT2D eigenvalue weighted by molar-refractivity contribution is 5.90. The zero-order valence-corrected chi connectivity index (χ0v) is 8.15. The van der Waals surface area contributed by atoms with E-state index < -0.39 is 5.97 Å². The molecule has 0 aliphatic carbocycles. The second kappa shape index (κ2) is 3.95. The van der Waals surface area contributed by atoms with Crippen molar-refractivity contribution in [2.75, 3.05) is 11.5 Å². The Morgan fingerprint density at radius 3 is 2.64 bits per heavy atom. The topological polar surface area (TPSA) is 91.2 Å². The Morgan fingerprint density at radius 1 is 1.50 bits per heavy atom. The van der Waals surface area contributed by atoms with Gasteiger partial charge in [-0.05, 0) is 19.9 Å². The quantitative estimate of drug-likeness (QED) is 0.681. The lowest BCUT2D eigenvalue weighted by Crippen LogP contribution is -2.12. The highest BCUT2D eigenvalue weighted by Gasteiger charge is 2.10. The summed E-state index contributed by atoms with van der Waals surface area (Å²) in [6.45, 7) is 3.54. The van der Waals surface area contributed by atoms with Crippen molar-refractivity contribution in [2.24, 2.45) is 0 Å². The summed E-state index contributed by atoms with van der Waals surface area (Å²) in [5.74, 6) is -0.231. The third-order valence-corrected chi connectivity index (χ3v) is 1.53. The predicted molar refractivity (Wildman–Crippen MR) is 53.6 cm³/mol. The van der Waals surface area contributed by atoms with E-state index in [0.717, 1.165) is 0 Å². The van der Waals surface area contributed by atoms with Crippen LogP contribution in [0.15, 0.2) is 12.3 Å². The zero-order valence-electron chi connectivity index (χ0n) is 8.15. The highest BCUT2D eigenvalue weighted by Crippen LogP contribution is 2.13. The molecule has 0 saturated heterocycles. The largest absolute Gasteiger partial charge is 0.459 e. The van der Waals surface area contributed by atoms with Crippen molar-refractivity contribution in [1.82, 2.24) is 4.98 Å². The molecule has 0 bridgehead atoms. The Bertz CT molecular complexity index is 350. The third-order valence-electron chi connectivity index (χ3n) is 1.53. The second-order valence-electron chi connectivity index (χ2n) is 3.15. The maximum Gasteiger partial charge on any atom is 0.340 e. The maximum atomic E-state index is 11.4. The molecular weight excluding hydrogens is 182 g/mol. The van der Waals surface area contributed by atoms with Crippen molar-refractivity contribution in [3.8, 4) is 0 Å². The van der Waals surface area contributed by atoms with Gasteiger partial charge in [0, 0.05) is 6.20 Å². The molecule has 0 radical (unpaired) electrons. The number of pyridine rings is 1. The Hall–Kier alpha value is -1.78. The van der Waals surface area contributed by atoms with Crippen LogP contribution in [0.2, 0.25) is 0 Å². The van der Waals surface area contributed by atoms with Gasteiger partial charge < -0.3 is 16.2 Å². The first-order valence-corrected chi connectivity index (χ1v) is 4.22. The van der Waals surface area contributed by atoms with Gasteiger partial charge in [-0.25, -0.2) is 9.78 Å². The van der Waals surface area contributed by atoms with E-state index in [-0.39, 0.29) is 17.6 Å². The summed E-state index contributed by atoms with van der Waals surface area (Å²) in [4.78, 5) is 15.1. The van der Waals surface area contributed by atoms with Crippen molar-refractivity contribution in [3.05, 3.63) is 17.8 Å². The summed E-state index contributed by atoms with van der Waals surface area (Å²) in [7, 11) is 0. The first kappa shape index (κ1) is 10.3. The summed E-state index contributed by atoms with van der Waals surface area (Å²) >= 11 is 0. The Labute approximate surface area is 82.1 Å². The number of nitrogens with zero attached hydrogens (tertiary/aromatic N) is 1. The Morgan fingerprint density at radius 2 is 2.14 bits per heavy atom. The number of hydrogen-bond acceptors (Lipinski definition) is 5. The molecule has 5 nitrogen and oxygen atoms in total. The lowest BCUT2D eigenvalue weighted by molar-refractivity contribution is 0.0377. The summed E-state index contributed by atoms with van der Waals surface area (Å²) in [5.41, 5.74) is 11.5. The van der Waals surface area contributed by atoms with E-state index in [9.17, 15) is 4.79 Å². The highest BCUT2D eigenvalue weighted by atomic mass is 16.5. The van der Waals surface area contributed by atoms with Gasteiger partial charge in [0.1, 0.15) is 5.82 Å². The van der Waals surface area contributed by atoms with Gasteiger partial charge >= 0.3 is 5.97 Å². The average Bonchev–Trinajstić information content (AvgIpc) is 2.08. The van der Waals surface area contributed by atoms with Crippen molar-refractivity contribution >= 4 is 17.5 Å². The van der Waals surface area contributed by atoms with E-state index in [1.807, 2.05) is 0 Å². The van der Waals surface area contributed by atoms with Crippen molar-refractivity contribution in [1.29, 1.82) is 0 Å². The number of carbonyl (C=O) groups excluding carboxylic acids is 1. The van der Waals surface area contributed by atoms with Crippen molar-refractivity contribution in [3.63, 3.8) is 0 Å². The predicted octanol–water partition coefficient (Wildman–Crippen LogP) is 0.811. The van der Waals surface area contributed by atoms with Gasteiger partial charge in [0.05, 0.1) is 17.4 Å². The summed E-state index contributed by atoms with van der Waals surface area (Å²) in [6, 6.07) is 1.45. The molecule has 1 heterocycles. The fourth-order valence-corrected chi connectivity index (χ4v) is 0.886. The van der Waals surface area contributed by atoms with E-state index in [1.54, 1.807) is 13.8 Å². The fourth-order valence-electron chi connectivity index (χ4n) is 0.886. The molecule has 0 spiro atoms. The number of ether oxygens (including phenoxy) is 1. The molecule has 0 unspecified atom stereocenters. The zero-order chi connectivity index (χ0) is 10.7. The molecule has 0 aliphatic rings. The van der Waals surface area contributed by atoms with Crippen LogP contribution in [0, 0.1) is 0 Å². The van der Waals surface area contributed by atoms with Gasteiger partial charge in [0.25, 0.3) is 0 Å². The van der Waals surface area contributed by atoms with Crippen LogP contribution in [0.3, 0.4) is 0 Å². The number of esters is 1. The molecule has 0 fully saturated rings. The van der Waals surface area contributed by atoms with Crippen molar-refractivity contribution < 1.29 is 9.53 Å². The van der Waals surface area contributed by atoms with E-state index in [0.29, 0.717) is 5.56 Å². The van der Waals surface area contributed by atoms with Crippen LogP contribution in [0.25, 0.3) is 0 Å². The third kappa shape index (κ3) is 2.35. The lowest BCUT2D eigenvalue weighted by atomic mass is 10.2. The Kier molecular flexibility index (Phi) is 2.91. The molecule has 0 amide bonds. The molecule has 14 heavy (non-hydrogen) atoms. The standard InChI is InChI=1S/C9H13N3O2/c1-5(2)14-9(13)6-3-7(10)8(11)12-4-6/h3-5H,10H2,1-2H3,(H2,11,12). The van der Waals surface area contributed by atoms with Crippen LogP contribution in [0.4, 0.5) is 11.5 Å². The first-order chi connectivity index (χ1) is 6.50. The van der Waals surface area contributed by atoms with Gasteiger partial charge in [-0.3, -0.25) is 0 Å². The van der Waals surface area contributed by atoms with Gasteiger partial charge in [0.2, 0.25) is 0 Å². The van der Waals surface area contributed by atoms with Gasteiger partial charge in [-0.2, -0.15) is 0 Å². The molecule has 0 atom stereocenters. The number of hydrogen-bond donors (Lipinski definition) is 2. The van der Waals surface area contributed by atoms with Crippen LogP contribution in [0.1, 0.15) is 24.2 Å². The monoisotopic (exact) mass is 195 g/mol. The van der Waals surface area contributed by atoms with Crippen molar-refractivity contribution in [2.45, 2.75) is 20.0 Å². The summed E-state index contributed by atoms with van der Waals surface area (Å²) in [6.07, 6.45) is 1.18. The molecule has 1 aromatic heterocycles. The maximum absolute atomic E-state index is 11.4. The number of rotatable bonds is 2. The first-order valence-electron chi connectivity index (χ1n) is 4.22. The van der Waals surface area contributed by atoms with Crippen LogP contribution < -0.4 is 11.5 Å². The SMILES string of the molecule is CC(C)OC(=O)c1cnc(N)c(N)c1. The fraction of sp³-hybridized carbons (Fsp3) is 0.333. The van der Waals surface area contributed by atoms with E-state index in [4.69, 9.17) is 16.2 Å². The minimum Gasteiger partial charge on any atom is -0.459 e. The minimum atomic E-state index is -0.445. The summed E-state index contributed by atoms with van der Waals surface area (Å²) in [5, 5.41) is 0. The number of nitrogens with two attached hydrogens (primary N) is 2. The molecule has 1 rings (SSSR count). The number of nitrogen functional groups attached to an aromatic ring is 2. The van der Waals surface area contributed by atoms with E-state index >= 15 is 0 Å². The Balaban J connectivity index is 2.86. The number of carbonyl (C=O) groups is 1. The van der Waals surface area contributed by atoms with E-state index in [1.165, 1.54) is 12.3 Å². The average molecular weight is 195 g/mol. The number of aromatic nitrogens is 1. The second-order valence-corrected chi connectivity index (χ2v) is 3.15. The normalized spacial score (nSPS) is 10.2. The van der Waals surface area contributed by atoms with E-state index in [2.05, 4.69) is 4.98 Å². The smallest absolute Gasteiger partial charge is 0.340 e. The van der Waals surface area contributed by atoms with Gasteiger partial charge in [0.15, 0.2) is 0 Å². The van der Waals surface area contributed by atoms with Crippen LogP contribution in [-0.2, 0) is 4.74 Å². The molecule has 0 aliphatic heterocycles. The van der Waals surface area contributed by atoms with Gasteiger partial charge in [-0.1, -0.05) is 0 Å². The number of anilines is 2. The lowest BCUT2D eigenvalue weighted by Gasteiger charge is -2.08.